The summed E-state index contributed by atoms with van der Waals surface area (Å²) < 4.78 is 1.70. The first-order valence-corrected chi connectivity index (χ1v) is 9.78. The molecule has 0 saturated heterocycles. The Hall–Kier alpha value is -3.03. The van der Waals surface area contributed by atoms with Crippen molar-refractivity contribution in [3.05, 3.63) is 87.4 Å². The van der Waals surface area contributed by atoms with Crippen LogP contribution in [0, 0.1) is 4.77 Å². The Kier molecular flexibility index (Phi) is 6.74. The summed E-state index contributed by atoms with van der Waals surface area (Å²) in [6.07, 6.45) is 2.29. The average Bonchev–Trinajstić information content (AvgIpc) is 2.74. The highest BCUT2D eigenvalue weighted by Crippen LogP contribution is 2.14. The van der Waals surface area contributed by atoms with E-state index in [2.05, 4.69) is 11.6 Å². The van der Waals surface area contributed by atoms with Crippen molar-refractivity contribution in [2.24, 2.45) is 0 Å². The highest BCUT2D eigenvalue weighted by Gasteiger charge is 2.17. The van der Waals surface area contributed by atoms with Crippen molar-refractivity contribution in [1.29, 1.82) is 0 Å². The molecule has 0 aliphatic heterocycles. The van der Waals surface area contributed by atoms with Crippen LogP contribution < -0.4 is 5.56 Å². The zero-order valence-electron chi connectivity index (χ0n) is 16.0. The number of hydrogen-bond donors (Lipinski definition) is 2. The van der Waals surface area contributed by atoms with Crippen molar-refractivity contribution in [3.63, 3.8) is 0 Å². The molecule has 7 heteroatoms. The molecule has 0 fully saturated rings. The Morgan fingerprint density at radius 1 is 1.21 bits per heavy atom. The third-order valence-electron chi connectivity index (χ3n) is 4.71. The molecule has 2 N–H and O–H groups in total. The van der Waals surface area contributed by atoms with Crippen LogP contribution in [0.15, 0.2) is 66.0 Å². The topological polar surface area (TPSA) is 78.3 Å². The van der Waals surface area contributed by atoms with E-state index in [1.807, 2.05) is 30.3 Å². The summed E-state index contributed by atoms with van der Waals surface area (Å²) in [5.41, 5.74) is 1.84. The minimum atomic E-state index is -0.223. The van der Waals surface area contributed by atoms with Gasteiger partial charge in [0.1, 0.15) is 0 Å². The van der Waals surface area contributed by atoms with Crippen LogP contribution in [0.1, 0.15) is 15.9 Å². The van der Waals surface area contributed by atoms with Gasteiger partial charge in [0.15, 0.2) is 4.77 Å². The van der Waals surface area contributed by atoms with Crippen molar-refractivity contribution in [1.82, 2.24) is 14.5 Å². The van der Waals surface area contributed by atoms with Gasteiger partial charge in [0.2, 0.25) is 0 Å². The third kappa shape index (κ3) is 4.70. The summed E-state index contributed by atoms with van der Waals surface area (Å²) in [7, 11) is 0. The van der Waals surface area contributed by atoms with Crippen molar-refractivity contribution in [2.75, 3.05) is 19.7 Å². The first kappa shape index (κ1) is 20.7. The number of carbonyl (C=O) groups excluding carboxylic acids is 1. The van der Waals surface area contributed by atoms with Crippen LogP contribution >= 0.6 is 12.2 Å². The first-order valence-electron chi connectivity index (χ1n) is 9.37. The lowest BCUT2D eigenvalue weighted by molar-refractivity contribution is 0.0724. The number of hydrogen-bond acceptors (Lipinski definition) is 4. The van der Waals surface area contributed by atoms with Crippen molar-refractivity contribution in [3.8, 4) is 0 Å². The standard InChI is InChI=1S/C22H23N3O3S/c1-2-11-25-21(28)18-9-8-17(15-19(18)23-22(25)29)20(27)24(13-14-26)12-10-16-6-4-3-5-7-16/h2-9,15,26H,1,10-14H2,(H,23,29). The highest BCUT2D eigenvalue weighted by molar-refractivity contribution is 7.71. The molecule has 29 heavy (non-hydrogen) atoms. The molecular weight excluding hydrogens is 386 g/mol. The number of aliphatic hydroxyl groups is 1. The minimum absolute atomic E-state index is 0.122. The third-order valence-corrected chi connectivity index (χ3v) is 5.03. The van der Waals surface area contributed by atoms with E-state index in [0.717, 1.165) is 5.56 Å². The molecule has 0 saturated carbocycles. The molecule has 6 nitrogen and oxygen atoms in total. The number of benzene rings is 2. The van der Waals surface area contributed by atoms with Crippen LogP contribution in [-0.4, -0.2) is 45.2 Å². The van der Waals surface area contributed by atoms with E-state index in [9.17, 15) is 14.7 Å². The van der Waals surface area contributed by atoms with Gasteiger partial charge in [-0.25, -0.2) is 0 Å². The van der Waals surface area contributed by atoms with Gasteiger partial charge in [0, 0.05) is 25.2 Å². The quantitative estimate of drug-likeness (QED) is 0.443. The van der Waals surface area contributed by atoms with E-state index in [-0.39, 0.29) is 29.4 Å². The second-order valence-electron chi connectivity index (χ2n) is 6.65. The molecule has 0 unspecified atom stereocenters. The van der Waals surface area contributed by atoms with Crippen molar-refractivity contribution < 1.29 is 9.90 Å². The van der Waals surface area contributed by atoms with Gasteiger partial charge in [0.25, 0.3) is 11.5 Å². The number of aliphatic hydroxyl groups excluding tert-OH is 1. The van der Waals surface area contributed by atoms with Crippen LogP contribution in [0.25, 0.3) is 10.9 Å². The Morgan fingerprint density at radius 2 is 1.97 bits per heavy atom. The normalized spacial score (nSPS) is 10.8. The minimum Gasteiger partial charge on any atom is -0.395 e. The number of fused-ring (bicyclic) bond motifs is 1. The number of H-pyrrole nitrogens is 1. The lowest BCUT2D eigenvalue weighted by Crippen LogP contribution is -2.35. The lowest BCUT2D eigenvalue weighted by atomic mass is 10.1. The van der Waals surface area contributed by atoms with E-state index in [1.165, 1.54) is 4.57 Å². The molecule has 3 rings (SSSR count). The number of nitrogens with one attached hydrogen (secondary N) is 1. The zero-order chi connectivity index (χ0) is 20.8. The predicted octanol–water partition coefficient (Wildman–Crippen LogP) is 2.92. The molecule has 2 aromatic carbocycles. The summed E-state index contributed by atoms with van der Waals surface area (Å²) in [6, 6.07) is 14.8. The molecule has 0 radical (unpaired) electrons. The number of rotatable bonds is 8. The molecule has 1 aromatic heterocycles. The van der Waals surface area contributed by atoms with Gasteiger partial charge in [-0.15, -0.1) is 6.58 Å². The molecular formula is C22H23N3O3S. The smallest absolute Gasteiger partial charge is 0.262 e. The molecule has 3 aromatic rings. The van der Waals surface area contributed by atoms with Gasteiger partial charge in [-0.2, -0.15) is 0 Å². The SMILES string of the molecule is C=CCn1c(=S)[nH]c2cc(C(=O)N(CCO)CCc3ccccc3)ccc2c1=O. The Balaban J connectivity index is 1.89. The maximum Gasteiger partial charge on any atom is 0.262 e. The number of carbonyl (C=O) groups is 1. The van der Waals surface area contributed by atoms with Crippen molar-refractivity contribution >= 4 is 29.0 Å². The summed E-state index contributed by atoms with van der Waals surface area (Å²) >= 11 is 5.26. The number of aromatic amines is 1. The van der Waals surface area contributed by atoms with Gasteiger partial charge in [0.05, 0.1) is 17.5 Å². The Labute approximate surface area is 173 Å². The second-order valence-corrected chi connectivity index (χ2v) is 7.03. The van der Waals surface area contributed by atoms with Crippen LogP contribution in [0.4, 0.5) is 0 Å². The van der Waals surface area contributed by atoms with E-state index < -0.39 is 0 Å². The largest absolute Gasteiger partial charge is 0.395 e. The Morgan fingerprint density at radius 3 is 2.66 bits per heavy atom. The molecule has 0 aliphatic carbocycles. The fraction of sp³-hybridized carbons (Fsp3) is 0.227. The monoisotopic (exact) mass is 409 g/mol. The summed E-state index contributed by atoms with van der Waals surface area (Å²) in [4.78, 5) is 30.3. The molecule has 0 bridgehead atoms. The highest BCUT2D eigenvalue weighted by atomic mass is 32.1. The summed E-state index contributed by atoms with van der Waals surface area (Å²) in [5, 5.41) is 9.84. The van der Waals surface area contributed by atoms with E-state index >= 15 is 0 Å². The van der Waals surface area contributed by atoms with Gasteiger partial charge < -0.3 is 15.0 Å². The van der Waals surface area contributed by atoms with Gasteiger partial charge in [-0.05, 0) is 42.4 Å². The molecule has 0 atom stereocenters. The number of allylic oxidation sites excluding steroid dienone is 1. The summed E-state index contributed by atoms with van der Waals surface area (Å²) in [5.74, 6) is -0.202. The fourth-order valence-electron chi connectivity index (χ4n) is 3.21. The van der Waals surface area contributed by atoms with Crippen molar-refractivity contribution in [2.45, 2.75) is 13.0 Å². The first-order chi connectivity index (χ1) is 14.0. The maximum absolute atomic E-state index is 13.0. The molecule has 1 heterocycles. The molecule has 1 amide bonds. The second kappa shape index (κ2) is 9.45. The fourth-order valence-corrected chi connectivity index (χ4v) is 3.48. The van der Waals surface area contributed by atoms with Crippen LogP contribution in [0.5, 0.6) is 0 Å². The van der Waals surface area contributed by atoms with E-state index in [1.54, 1.807) is 29.2 Å². The lowest BCUT2D eigenvalue weighted by Gasteiger charge is -2.22. The Bertz CT molecular complexity index is 1140. The molecule has 0 spiro atoms. The molecule has 150 valence electrons. The van der Waals surface area contributed by atoms with Gasteiger partial charge in [-0.1, -0.05) is 36.4 Å². The molecule has 0 aliphatic rings. The van der Waals surface area contributed by atoms with Gasteiger partial charge in [-0.3, -0.25) is 14.2 Å². The maximum atomic E-state index is 13.0. The van der Waals surface area contributed by atoms with Crippen LogP contribution in [0.3, 0.4) is 0 Å². The average molecular weight is 410 g/mol. The van der Waals surface area contributed by atoms with Crippen LogP contribution in [-0.2, 0) is 13.0 Å². The number of aromatic nitrogens is 2. The number of nitrogens with zero attached hydrogens (tertiary/aromatic N) is 2. The summed E-state index contributed by atoms with van der Waals surface area (Å²) in [6.45, 7) is 4.55. The van der Waals surface area contributed by atoms with Gasteiger partial charge >= 0.3 is 0 Å². The number of amides is 1. The van der Waals surface area contributed by atoms with E-state index in [0.29, 0.717) is 36.0 Å². The van der Waals surface area contributed by atoms with Crippen LogP contribution in [0.2, 0.25) is 0 Å². The zero-order valence-corrected chi connectivity index (χ0v) is 16.8. The predicted molar refractivity (Wildman–Crippen MR) is 117 cm³/mol. The van der Waals surface area contributed by atoms with E-state index in [4.69, 9.17) is 12.2 Å².